The van der Waals surface area contributed by atoms with Crippen molar-refractivity contribution in [3.05, 3.63) is 83.2 Å². The molecule has 9 nitrogen and oxygen atoms in total. The maximum atomic E-state index is 15.4. The molecule has 2 N–H and O–H groups in total. The molecular formula is C28H24F3N3O6S. The summed E-state index contributed by atoms with van der Waals surface area (Å²) in [7, 11) is -3.41. The molecule has 0 spiro atoms. The third-order valence-electron chi connectivity index (χ3n) is 7.14. The van der Waals surface area contributed by atoms with E-state index < -0.39 is 40.4 Å². The molecule has 214 valence electrons. The monoisotopic (exact) mass is 587 g/mol. The van der Waals surface area contributed by atoms with Crippen LogP contribution in [0.1, 0.15) is 46.2 Å². The van der Waals surface area contributed by atoms with Gasteiger partial charge in [0.05, 0.1) is 35.1 Å². The van der Waals surface area contributed by atoms with Crippen LogP contribution >= 0.6 is 0 Å². The van der Waals surface area contributed by atoms with Crippen LogP contribution in [0.15, 0.2) is 65.6 Å². The summed E-state index contributed by atoms with van der Waals surface area (Å²) in [4.78, 5) is 17.7. The number of rotatable bonds is 8. The Kier molecular flexibility index (Phi) is 6.27. The van der Waals surface area contributed by atoms with Gasteiger partial charge in [-0.15, -0.1) is 8.78 Å². The molecule has 0 saturated heterocycles. The van der Waals surface area contributed by atoms with E-state index in [9.17, 15) is 27.1 Å². The Morgan fingerprint density at radius 2 is 1.83 bits per heavy atom. The molecule has 1 atom stereocenters. The number of hydrogen-bond donors (Lipinski definition) is 2. The Morgan fingerprint density at radius 3 is 2.49 bits per heavy atom. The van der Waals surface area contributed by atoms with Crippen LogP contribution in [0.2, 0.25) is 0 Å². The first-order valence-corrected chi connectivity index (χ1v) is 14.6. The topological polar surface area (TPSA) is 120 Å². The summed E-state index contributed by atoms with van der Waals surface area (Å²) >= 11 is 0. The number of sulfone groups is 1. The van der Waals surface area contributed by atoms with Crippen molar-refractivity contribution in [3.63, 3.8) is 0 Å². The van der Waals surface area contributed by atoms with Crippen molar-refractivity contribution in [2.24, 2.45) is 0 Å². The van der Waals surface area contributed by atoms with E-state index in [-0.39, 0.29) is 47.2 Å². The van der Waals surface area contributed by atoms with E-state index in [1.807, 2.05) is 0 Å². The molecule has 3 aromatic carbocycles. The predicted octanol–water partition coefficient (Wildman–Crippen LogP) is 4.23. The summed E-state index contributed by atoms with van der Waals surface area (Å²) < 4.78 is 77.2. The van der Waals surface area contributed by atoms with E-state index in [1.54, 1.807) is 16.7 Å². The van der Waals surface area contributed by atoms with Crippen molar-refractivity contribution in [2.75, 3.05) is 12.9 Å². The van der Waals surface area contributed by atoms with Crippen LogP contribution in [0, 0.1) is 0 Å². The fraction of sp³-hybridized carbons (Fsp3) is 0.286. The number of carbonyl (C=O) groups excluding carboxylic acids is 1. The van der Waals surface area contributed by atoms with Crippen molar-refractivity contribution >= 4 is 26.8 Å². The Labute approximate surface area is 232 Å². The Hall–Kier alpha value is -4.10. The zero-order valence-corrected chi connectivity index (χ0v) is 22.4. The van der Waals surface area contributed by atoms with E-state index in [4.69, 9.17) is 4.74 Å². The highest BCUT2D eigenvalue weighted by molar-refractivity contribution is 7.90. The summed E-state index contributed by atoms with van der Waals surface area (Å²) in [5, 5.41) is 12.6. The molecule has 1 saturated carbocycles. The highest BCUT2D eigenvalue weighted by Gasteiger charge is 2.50. The quantitative estimate of drug-likeness (QED) is 0.317. The number of aromatic nitrogens is 2. The van der Waals surface area contributed by atoms with Gasteiger partial charge < -0.3 is 24.5 Å². The average Bonchev–Trinajstić information content (AvgIpc) is 3.43. The van der Waals surface area contributed by atoms with Crippen molar-refractivity contribution in [3.8, 4) is 11.5 Å². The highest BCUT2D eigenvalue weighted by Crippen LogP contribution is 2.50. The van der Waals surface area contributed by atoms with Gasteiger partial charge in [0.1, 0.15) is 5.82 Å². The molecule has 1 amide bonds. The number of aliphatic hydroxyl groups excluding tert-OH is 1. The standard InChI is InChI=1S/C28H24F3N3O6S/c1-41(37,38)19-8-5-16(6-9-19)21(15-35)32-25(36)17-7-10-22-20(13-17)33-26(27(29)11-12-27)34(22)14-18-3-2-4-23-24(18)40-28(30,31)39-23/h2-10,13,21,35H,11-12,14-15H2,1H3,(H,32,36). The summed E-state index contributed by atoms with van der Waals surface area (Å²) in [6.07, 6.45) is -2.22. The zero-order chi connectivity index (χ0) is 29.2. The van der Waals surface area contributed by atoms with Gasteiger partial charge in [-0.1, -0.05) is 24.3 Å². The van der Waals surface area contributed by atoms with Crippen molar-refractivity contribution in [1.29, 1.82) is 0 Å². The number of ether oxygens (including phenoxy) is 2. The number of fused-ring (bicyclic) bond motifs is 2. The van der Waals surface area contributed by atoms with Crippen LogP contribution < -0.4 is 14.8 Å². The first-order valence-electron chi connectivity index (χ1n) is 12.7. The number of imidazole rings is 1. The largest absolute Gasteiger partial charge is 0.586 e. The van der Waals surface area contributed by atoms with E-state index >= 15 is 4.39 Å². The molecule has 2 aliphatic rings. The second-order valence-electron chi connectivity index (χ2n) is 10.2. The van der Waals surface area contributed by atoms with Crippen LogP contribution in [-0.2, 0) is 22.1 Å². The zero-order valence-electron chi connectivity index (χ0n) is 21.6. The molecule has 1 unspecified atom stereocenters. The van der Waals surface area contributed by atoms with E-state index in [2.05, 4.69) is 15.0 Å². The molecule has 41 heavy (non-hydrogen) atoms. The van der Waals surface area contributed by atoms with Gasteiger partial charge in [0, 0.05) is 17.4 Å². The maximum absolute atomic E-state index is 15.4. The molecule has 0 bridgehead atoms. The lowest BCUT2D eigenvalue weighted by molar-refractivity contribution is -0.287. The van der Waals surface area contributed by atoms with Gasteiger partial charge in [0.15, 0.2) is 27.0 Å². The molecule has 1 aliphatic heterocycles. The lowest BCUT2D eigenvalue weighted by Crippen LogP contribution is -2.30. The summed E-state index contributed by atoms with van der Waals surface area (Å²) in [5.41, 5.74) is 0.171. The van der Waals surface area contributed by atoms with Crippen LogP contribution in [0.4, 0.5) is 13.2 Å². The maximum Gasteiger partial charge on any atom is 0.586 e. The minimum atomic E-state index is -3.81. The van der Waals surface area contributed by atoms with Crippen LogP contribution in [0.3, 0.4) is 0 Å². The van der Waals surface area contributed by atoms with E-state index in [0.717, 1.165) is 6.26 Å². The van der Waals surface area contributed by atoms with E-state index in [1.165, 1.54) is 48.5 Å². The Balaban J connectivity index is 1.30. The number of alkyl halides is 3. The smallest absolute Gasteiger partial charge is 0.395 e. The molecular weight excluding hydrogens is 563 g/mol. The normalized spacial score (nSPS) is 17.4. The van der Waals surface area contributed by atoms with Crippen LogP contribution in [0.5, 0.6) is 11.5 Å². The van der Waals surface area contributed by atoms with Gasteiger partial charge in [0.2, 0.25) is 0 Å². The van der Waals surface area contributed by atoms with Crippen molar-refractivity contribution < 1.29 is 41.0 Å². The fourth-order valence-electron chi connectivity index (χ4n) is 4.85. The number of hydrogen-bond acceptors (Lipinski definition) is 7. The summed E-state index contributed by atoms with van der Waals surface area (Å²) in [6, 6.07) is 14.1. The fourth-order valence-corrected chi connectivity index (χ4v) is 5.48. The number of para-hydroxylation sites is 1. The molecule has 1 aliphatic carbocycles. The minimum absolute atomic E-state index is 0.0261. The van der Waals surface area contributed by atoms with E-state index in [0.29, 0.717) is 22.2 Å². The Bertz CT molecular complexity index is 1790. The number of nitrogens with one attached hydrogen (secondary N) is 1. The summed E-state index contributed by atoms with van der Waals surface area (Å²) in [6.45, 7) is -0.469. The van der Waals surface area contributed by atoms with Gasteiger partial charge in [-0.2, -0.15) is 0 Å². The number of halogens is 3. The first kappa shape index (κ1) is 27.1. The Morgan fingerprint density at radius 1 is 1.10 bits per heavy atom. The second kappa shape index (κ2) is 9.48. The van der Waals surface area contributed by atoms with Gasteiger partial charge in [-0.05, 0) is 54.8 Å². The number of amides is 1. The predicted molar refractivity (Wildman–Crippen MR) is 140 cm³/mol. The molecule has 1 aromatic heterocycles. The lowest BCUT2D eigenvalue weighted by Gasteiger charge is -2.17. The average molecular weight is 588 g/mol. The highest BCUT2D eigenvalue weighted by atomic mass is 32.2. The summed E-state index contributed by atoms with van der Waals surface area (Å²) in [5.74, 6) is -0.676. The molecule has 4 aromatic rings. The van der Waals surface area contributed by atoms with Crippen molar-refractivity contribution in [2.45, 2.75) is 42.3 Å². The number of carbonyl (C=O) groups is 1. The molecule has 13 heteroatoms. The third kappa shape index (κ3) is 5.10. The van der Waals surface area contributed by atoms with Crippen LogP contribution in [0.25, 0.3) is 11.0 Å². The number of aliphatic hydroxyl groups is 1. The number of benzene rings is 3. The van der Waals surface area contributed by atoms with Gasteiger partial charge >= 0.3 is 6.29 Å². The molecule has 1 fully saturated rings. The van der Waals surface area contributed by atoms with Crippen molar-refractivity contribution in [1.82, 2.24) is 14.9 Å². The van der Waals surface area contributed by atoms with Crippen LogP contribution in [-0.4, -0.2) is 48.1 Å². The lowest BCUT2D eigenvalue weighted by atomic mass is 10.1. The number of nitrogens with zero attached hydrogens (tertiary/aromatic N) is 2. The minimum Gasteiger partial charge on any atom is -0.395 e. The molecule has 2 heterocycles. The molecule has 6 rings (SSSR count). The first-order chi connectivity index (χ1) is 19.4. The van der Waals surface area contributed by atoms with Gasteiger partial charge in [0.25, 0.3) is 5.91 Å². The third-order valence-corrected chi connectivity index (χ3v) is 8.27. The SMILES string of the molecule is CS(=O)(=O)c1ccc(C(CO)NC(=O)c2ccc3c(c2)nc(C2(F)CC2)n3Cc2cccc3c2OC(F)(F)O3)cc1. The molecule has 0 radical (unpaired) electrons. The van der Waals surface area contributed by atoms with Gasteiger partial charge in [-0.3, -0.25) is 4.79 Å². The van der Waals surface area contributed by atoms with Gasteiger partial charge in [-0.25, -0.2) is 17.8 Å². The second-order valence-corrected chi connectivity index (χ2v) is 12.2.